The Morgan fingerprint density at radius 1 is 1.18 bits per heavy atom. The summed E-state index contributed by atoms with van der Waals surface area (Å²) in [7, 11) is -2.63. The minimum absolute atomic E-state index is 0.0189. The normalized spacial score (nSPS) is 11.1. The van der Waals surface area contributed by atoms with Gasteiger partial charge in [-0.05, 0) is 37.3 Å². The lowest BCUT2D eigenvalue weighted by molar-refractivity contribution is 0.102. The van der Waals surface area contributed by atoms with Gasteiger partial charge in [-0.25, -0.2) is 8.42 Å². The predicted molar refractivity (Wildman–Crippen MR) is 107 cm³/mol. The number of aryl methyl sites for hydroxylation is 1. The standard InChI is InChI=1S/C18H17ClN4O4S/c1-11-9-17(22-21-11)20-18(24)12-7-8-13(19)16(10-12)28(25,26)23-14-5-3-4-6-15(14)27-2/h3-10,23H,1-2H3,(H2,20,21,22,24). The molecule has 0 unspecified atom stereocenters. The number of anilines is 2. The highest BCUT2D eigenvalue weighted by Crippen LogP contribution is 2.29. The number of rotatable bonds is 6. The van der Waals surface area contributed by atoms with Gasteiger partial charge in [0.2, 0.25) is 0 Å². The van der Waals surface area contributed by atoms with Crippen LogP contribution < -0.4 is 14.8 Å². The molecule has 2 aromatic carbocycles. The fraction of sp³-hybridized carbons (Fsp3) is 0.111. The molecule has 0 atom stereocenters. The van der Waals surface area contributed by atoms with Gasteiger partial charge in [0, 0.05) is 17.3 Å². The first-order valence-corrected chi connectivity index (χ1v) is 9.95. The number of nitrogens with zero attached hydrogens (tertiary/aromatic N) is 1. The molecule has 1 amide bonds. The number of hydrogen-bond donors (Lipinski definition) is 3. The third kappa shape index (κ3) is 4.26. The van der Waals surface area contributed by atoms with Crippen molar-refractivity contribution in [3.05, 3.63) is 64.8 Å². The van der Waals surface area contributed by atoms with E-state index in [9.17, 15) is 13.2 Å². The van der Waals surface area contributed by atoms with Gasteiger partial charge in [-0.15, -0.1) is 0 Å². The van der Waals surface area contributed by atoms with Gasteiger partial charge in [0.25, 0.3) is 15.9 Å². The number of aromatic nitrogens is 2. The SMILES string of the molecule is COc1ccccc1NS(=O)(=O)c1cc(C(=O)Nc2cc(C)[nH]n2)ccc1Cl. The number of aromatic amines is 1. The summed E-state index contributed by atoms with van der Waals surface area (Å²) in [5.74, 6) is 0.163. The molecule has 0 aliphatic carbocycles. The Hall–Kier alpha value is -3.04. The monoisotopic (exact) mass is 420 g/mol. The van der Waals surface area contributed by atoms with E-state index in [2.05, 4.69) is 20.2 Å². The molecule has 1 heterocycles. The van der Waals surface area contributed by atoms with Gasteiger partial charge >= 0.3 is 0 Å². The maximum Gasteiger partial charge on any atom is 0.263 e. The molecule has 0 aliphatic heterocycles. The fourth-order valence-electron chi connectivity index (χ4n) is 2.45. The highest BCUT2D eigenvalue weighted by atomic mass is 35.5. The van der Waals surface area contributed by atoms with E-state index in [1.165, 1.54) is 25.3 Å². The molecule has 146 valence electrons. The lowest BCUT2D eigenvalue weighted by atomic mass is 10.2. The molecule has 0 saturated heterocycles. The van der Waals surface area contributed by atoms with Gasteiger partial charge in [-0.2, -0.15) is 5.10 Å². The zero-order valence-corrected chi connectivity index (χ0v) is 16.6. The van der Waals surface area contributed by atoms with E-state index in [-0.39, 0.29) is 21.2 Å². The smallest absolute Gasteiger partial charge is 0.263 e. The molecule has 0 spiro atoms. The number of H-pyrrole nitrogens is 1. The van der Waals surface area contributed by atoms with E-state index in [0.29, 0.717) is 11.6 Å². The van der Waals surface area contributed by atoms with Crippen LogP contribution in [0, 0.1) is 6.92 Å². The summed E-state index contributed by atoms with van der Waals surface area (Å²) in [6.07, 6.45) is 0. The van der Waals surface area contributed by atoms with Crippen LogP contribution in [-0.2, 0) is 10.0 Å². The first kappa shape index (κ1) is 19.7. The van der Waals surface area contributed by atoms with Crippen molar-refractivity contribution in [3.63, 3.8) is 0 Å². The highest BCUT2D eigenvalue weighted by molar-refractivity contribution is 7.92. The third-order valence-corrected chi connectivity index (χ3v) is 5.63. The first-order chi connectivity index (χ1) is 13.3. The van der Waals surface area contributed by atoms with E-state index in [0.717, 1.165) is 5.69 Å². The quantitative estimate of drug-likeness (QED) is 0.565. The van der Waals surface area contributed by atoms with Crippen molar-refractivity contribution in [3.8, 4) is 5.75 Å². The molecular formula is C18H17ClN4O4S. The average Bonchev–Trinajstić information content (AvgIpc) is 3.06. The van der Waals surface area contributed by atoms with Crippen molar-refractivity contribution in [1.29, 1.82) is 0 Å². The predicted octanol–water partition coefficient (Wildman–Crippen LogP) is 3.43. The number of amides is 1. The lowest BCUT2D eigenvalue weighted by Crippen LogP contribution is -2.17. The first-order valence-electron chi connectivity index (χ1n) is 8.09. The summed E-state index contributed by atoms with van der Waals surface area (Å²) in [5, 5.41) is 9.19. The molecule has 0 bridgehead atoms. The largest absolute Gasteiger partial charge is 0.495 e. The second-order valence-electron chi connectivity index (χ2n) is 5.84. The van der Waals surface area contributed by atoms with Crippen molar-refractivity contribution >= 4 is 39.0 Å². The van der Waals surface area contributed by atoms with Crippen LogP contribution in [0.5, 0.6) is 5.75 Å². The Morgan fingerprint density at radius 3 is 2.61 bits per heavy atom. The molecule has 0 saturated carbocycles. The molecule has 1 aromatic heterocycles. The van der Waals surface area contributed by atoms with E-state index in [1.807, 2.05) is 0 Å². The highest BCUT2D eigenvalue weighted by Gasteiger charge is 2.22. The summed E-state index contributed by atoms with van der Waals surface area (Å²) in [5.41, 5.74) is 1.14. The summed E-state index contributed by atoms with van der Waals surface area (Å²) >= 11 is 6.09. The minimum Gasteiger partial charge on any atom is -0.495 e. The zero-order chi connectivity index (χ0) is 20.3. The number of methoxy groups -OCH3 is 1. The van der Waals surface area contributed by atoms with Gasteiger partial charge in [0.1, 0.15) is 10.6 Å². The molecular weight excluding hydrogens is 404 g/mol. The van der Waals surface area contributed by atoms with Crippen molar-refractivity contribution in [2.45, 2.75) is 11.8 Å². The Bertz CT molecular complexity index is 1130. The van der Waals surface area contributed by atoms with Gasteiger partial charge in [0.05, 0.1) is 17.8 Å². The van der Waals surface area contributed by atoms with Gasteiger partial charge in [-0.3, -0.25) is 14.6 Å². The van der Waals surface area contributed by atoms with Crippen LogP contribution >= 0.6 is 11.6 Å². The maximum absolute atomic E-state index is 12.8. The van der Waals surface area contributed by atoms with E-state index in [1.54, 1.807) is 37.3 Å². The molecule has 0 fully saturated rings. The number of carbonyl (C=O) groups excluding carboxylic acids is 1. The molecule has 0 radical (unpaired) electrons. The Balaban J connectivity index is 1.90. The lowest BCUT2D eigenvalue weighted by Gasteiger charge is -2.13. The number of benzene rings is 2. The minimum atomic E-state index is -4.07. The van der Waals surface area contributed by atoms with Crippen molar-refractivity contribution < 1.29 is 17.9 Å². The summed E-state index contributed by atoms with van der Waals surface area (Å²) < 4.78 is 33.2. The van der Waals surface area contributed by atoms with Gasteiger partial charge in [-0.1, -0.05) is 23.7 Å². The van der Waals surface area contributed by atoms with E-state index >= 15 is 0 Å². The number of hydrogen-bond acceptors (Lipinski definition) is 5. The molecule has 10 heteroatoms. The molecule has 28 heavy (non-hydrogen) atoms. The third-order valence-electron chi connectivity index (χ3n) is 3.78. The number of ether oxygens (including phenoxy) is 1. The molecule has 3 N–H and O–H groups in total. The number of nitrogens with one attached hydrogen (secondary N) is 3. The van der Waals surface area contributed by atoms with Crippen LogP contribution in [0.3, 0.4) is 0 Å². The van der Waals surface area contributed by atoms with Gasteiger partial charge in [0.15, 0.2) is 5.82 Å². The van der Waals surface area contributed by atoms with Crippen molar-refractivity contribution in [1.82, 2.24) is 10.2 Å². The summed E-state index contributed by atoms with van der Waals surface area (Å²) in [6.45, 7) is 1.79. The Labute approximate surface area is 166 Å². The Morgan fingerprint density at radius 2 is 1.93 bits per heavy atom. The summed E-state index contributed by atoms with van der Waals surface area (Å²) in [4.78, 5) is 12.2. The van der Waals surface area contributed by atoms with Crippen LogP contribution in [0.2, 0.25) is 5.02 Å². The van der Waals surface area contributed by atoms with E-state index < -0.39 is 15.9 Å². The zero-order valence-electron chi connectivity index (χ0n) is 15.0. The van der Waals surface area contributed by atoms with Gasteiger partial charge < -0.3 is 10.1 Å². The van der Waals surface area contributed by atoms with Crippen LogP contribution in [0.4, 0.5) is 11.5 Å². The second kappa shape index (κ2) is 7.91. The van der Waals surface area contributed by atoms with E-state index in [4.69, 9.17) is 16.3 Å². The average molecular weight is 421 g/mol. The Kier molecular flexibility index (Phi) is 5.57. The topological polar surface area (TPSA) is 113 Å². The second-order valence-corrected chi connectivity index (χ2v) is 7.90. The van der Waals surface area contributed by atoms with Crippen LogP contribution in [0.15, 0.2) is 53.4 Å². The molecule has 3 rings (SSSR count). The molecule has 3 aromatic rings. The number of carbonyl (C=O) groups is 1. The van der Waals surface area contributed by atoms with Crippen molar-refractivity contribution in [2.75, 3.05) is 17.1 Å². The fourth-order valence-corrected chi connectivity index (χ4v) is 4.05. The summed E-state index contributed by atoms with van der Waals surface area (Å²) in [6, 6.07) is 12.2. The van der Waals surface area contributed by atoms with Crippen LogP contribution in [-0.4, -0.2) is 31.6 Å². The van der Waals surface area contributed by atoms with Crippen LogP contribution in [0.1, 0.15) is 16.1 Å². The van der Waals surface area contributed by atoms with Crippen LogP contribution in [0.25, 0.3) is 0 Å². The number of para-hydroxylation sites is 2. The number of halogens is 1. The maximum atomic E-state index is 12.8. The molecule has 0 aliphatic rings. The molecule has 8 nitrogen and oxygen atoms in total. The van der Waals surface area contributed by atoms with Crippen molar-refractivity contribution in [2.24, 2.45) is 0 Å². The number of sulfonamides is 1.